The van der Waals surface area contributed by atoms with E-state index in [2.05, 4.69) is 30.0 Å². The fourth-order valence-corrected chi connectivity index (χ4v) is 5.43. The number of ether oxygens (including phenoxy) is 1. The van der Waals surface area contributed by atoms with E-state index in [4.69, 9.17) is 4.74 Å². The van der Waals surface area contributed by atoms with Gasteiger partial charge in [-0.05, 0) is 79.9 Å². The van der Waals surface area contributed by atoms with E-state index in [1.807, 2.05) is 41.3 Å². The van der Waals surface area contributed by atoms with Crippen LogP contribution in [0.3, 0.4) is 0 Å². The Morgan fingerprint density at radius 1 is 0.971 bits per heavy atom. The van der Waals surface area contributed by atoms with E-state index in [-0.39, 0.29) is 17.1 Å². The molecule has 2 aliphatic heterocycles. The lowest BCUT2D eigenvalue weighted by molar-refractivity contribution is -0.118. The highest BCUT2D eigenvalue weighted by atomic mass is 19.1. The number of carbonyl (C=O) groups is 1. The summed E-state index contributed by atoms with van der Waals surface area (Å²) in [6, 6.07) is 21.0. The smallest absolute Gasteiger partial charge is 0.231 e. The third kappa shape index (κ3) is 4.45. The summed E-state index contributed by atoms with van der Waals surface area (Å²) in [4.78, 5) is 17.9. The molecular weight excluding hydrogens is 427 g/mol. The number of rotatable bonds is 5. The van der Waals surface area contributed by atoms with E-state index in [0.717, 1.165) is 61.6 Å². The Bertz CT molecular complexity index is 1170. The monoisotopic (exact) mass is 458 g/mol. The summed E-state index contributed by atoms with van der Waals surface area (Å²) >= 11 is 0. The van der Waals surface area contributed by atoms with Gasteiger partial charge < -0.3 is 9.64 Å². The molecule has 0 aliphatic carbocycles. The van der Waals surface area contributed by atoms with Gasteiger partial charge in [-0.15, -0.1) is 0 Å². The molecule has 0 radical (unpaired) electrons. The molecule has 1 fully saturated rings. The average Bonchev–Trinajstić information content (AvgIpc) is 3.16. The molecule has 2 heterocycles. The predicted octanol–water partition coefficient (Wildman–Crippen LogP) is 5.27. The first kappa shape index (κ1) is 22.6. The molecule has 1 spiro atoms. The second-order valence-corrected chi connectivity index (χ2v) is 9.71. The van der Waals surface area contributed by atoms with Gasteiger partial charge in [0.15, 0.2) is 0 Å². The van der Waals surface area contributed by atoms with E-state index < -0.39 is 0 Å². The first-order chi connectivity index (χ1) is 16.5. The molecule has 5 rings (SSSR count). The molecule has 0 aromatic heterocycles. The van der Waals surface area contributed by atoms with Crippen molar-refractivity contribution < 1.29 is 13.9 Å². The van der Waals surface area contributed by atoms with E-state index in [1.54, 1.807) is 7.11 Å². The Hall–Kier alpha value is -3.18. The van der Waals surface area contributed by atoms with E-state index >= 15 is 0 Å². The quantitative estimate of drug-likeness (QED) is 0.523. The summed E-state index contributed by atoms with van der Waals surface area (Å²) in [6.07, 6.45) is 2.40. The minimum atomic E-state index is -0.196. The van der Waals surface area contributed by atoms with Gasteiger partial charge >= 0.3 is 0 Å². The van der Waals surface area contributed by atoms with Crippen LogP contribution in [0, 0.1) is 12.7 Å². The van der Waals surface area contributed by atoms with Gasteiger partial charge in [0, 0.05) is 24.2 Å². The molecule has 176 valence electrons. The summed E-state index contributed by atoms with van der Waals surface area (Å²) < 4.78 is 18.5. The molecule has 0 saturated carbocycles. The number of carbonyl (C=O) groups excluding carboxylic acids is 1. The van der Waals surface area contributed by atoms with Crippen LogP contribution in [0.2, 0.25) is 0 Å². The molecule has 0 bridgehead atoms. The number of halogens is 1. The molecule has 2 aliphatic rings. The minimum Gasteiger partial charge on any atom is -0.497 e. The Morgan fingerprint density at radius 3 is 2.32 bits per heavy atom. The fourth-order valence-electron chi connectivity index (χ4n) is 5.43. The molecule has 5 heteroatoms. The van der Waals surface area contributed by atoms with Gasteiger partial charge in [0.25, 0.3) is 0 Å². The minimum absolute atomic E-state index is 0.00375. The van der Waals surface area contributed by atoms with Crippen LogP contribution in [0.25, 0.3) is 0 Å². The number of hydrogen-bond donors (Lipinski definition) is 0. The maximum Gasteiger partial charge on any atom is 0.231 e. The van der Waals surface area contributed by atoms with Crippen LogP contribution < -0.4 is 9.64 Å². The summed E-state index contributed by atoms with van der Waals surface area (Å²) in [7, 11) is 1.65. The molecule has 4 nitrogen and oxygen atoms in total. The van der Waals surface area contributed by atoms with Crippen LogP contribution in [0.4, 0.5) is 10.1 Å². The van der Waals surface area contributed by atoms with E-state index in [9.17, 15) is 9.18 Å². The number of aryl methyl sites for hydroxylation is 1. The fraction of sp³-hybridized carbons (Fsp3) is 0.345. The van der Waals surface area contributed by atoms with Crippen molar-refractivity contribution in [1.82, 2.24) is 4.90 Å². The third-order valence-corrected chi connectivity index (χ3v) is 7.42. The van der Waals surface area contributed by atoms with Crippen molar-refractivity contribution in [3.05, 3.63) is 94.8 Å². The molecule has 0 atom stereocenters. The van der Waals surface area contributed by atoms with Crippen LogP contribution in [-0.2, 0) is 23.2 Å². The first-order valence-corrected chi connectivity index (χ1v) is 12.0. The molecular formula is C29H31FN2O2. The lowest BCUT2D eigenvalue weighted by Crippen LogP contribution is -2.46. The van der Waals surface area contributed by atoms with Gasteiger partial charge in [-0.1, -0.05) is 42.0 Å². The van der Waals surface area contributed by atoms with Crippen molar-refractivity contribution in [2.45, 2.75) is 38.1 Å². The van der Waals surface area contributed by atoms with Gasteiger partial charge in [0.1, 0.15) is 11.6 Å². The Labute approximate surface area is 201 Å². The van der Waals surface area contributed by atoms with Gasteiger partial charge in [-0.3, -0.25) is 9.69 Å². The number of nitrogens with zero attached hydrogens (tertiary/aromatic N) is 2. The van der Waals surface area contributed by atoms with Gasteiger partial charge in [-0.25, -0.2) is 4.39 Å². The molecule has 3 aromatic carbocycles. The zero-order valence-electron chi connectivity index (χ0n) is 19.9. The summed E-state index contributed by atoms with van der Waals surface area (Å²) in [5.74, 6) is 0.740. The van der Waals surface area contributed by atoms with Crippen molar-refractivity contribution in [1.29, 1.82) is 0 Å². The number of anilines is 1. The lowest BCUT2D eigenvalue weighted by Gasteiger charge is -2.40. The highest BCUT2D eigenvalue weighted by molar-refractivity contribution is 5.97. The van der Waals surface area contributed by atoms with Crippen molar-refractivity contribution in [3.63, 3.8) is 0 Å². The van der Waals surface area contributed by atoms with Crippen LogP contribution in [0.15, 0.2) is 66.7 Å². The zero-order chi connectivity index (χ0) is 23.7. The summed E-state index contributed by atoms with van der Waals surface area (Å²) in [5.41, 5.74) is 5.74. The number of amides is 1. The SMILES string of the molecule is COc1ccc(CC(=O)N2CC3(CCN(Cc4ccc(F)cc4)CC3)c3cc(C)ccc32)cc1. The molecule has 3 aromatic rings. The molecule has 0 unspecified atom stereocenters. The van der Waals surface area contributed by atoms with E-state index in [1.165, 1.54) is 23.3 Å². The molecule has 1 saturated heterocycles. The number of methoxy groups -OCH3 is 1. The summed E-state index contributed by atoms with van der Waals surface area (Å²) in [5, 5.41) is 0. The normalized spacial score (nSPS) is 17.1. The van der Waals surface area contributed by atoms with Crippen LogP contribution in [-0.4, -0.2) is 37.6 Å². The van der Waals surface area contributed by atoms with Crippen LogP contribution in [0.1, 0.15) is 35.1 Å². The first-order valence-electron chi connectivity index (χ1n) is 12.0. The number of likely N-dealkylation sites (tertiary alicyclic amines) is 1. The van der Waals surface area contributed by atoms with Gasteiger partial charge in [0.05, 0.1) is 13.5 Å². The van der Waals surface area contributed by atoms with Crippen molar-refractivity contribution >= 4 is 11.6 Å². The maximum absolute atomic E-state index is 13.4. The largest absolute Gasteiger partial charge is 0.497 e. The maximum atomic E-state index is 13.4. The highest BCUT2D eigenvalue weighted by Gasteiger charge is 2.46. The van der Waals surface area contributed by atoms with Crippen molar-refractivity contribution in [2.75, 3.05) is 31.6 Å². The molecule has 34 heavy (non-hydrogen) atoms. The van der Waals surface area contributed by atoms with Gasteiger partial charge in [-0.2, -0.15) is 0 Å². The number of fused-ring (bicyclic) bond motifs is 2. The highest BCUT2D eigenvalue weighted by Crippen LogP contribution is 2.47. The number of benzene rings is 3. The zero-order valence-corrected chi connectivity index (χ0v) is 19.9. The third-order valence-electron chi connectivity index (χ3n) is 7.42. The van der Waals surface area contributed by atoms with Crippen molar-refractivity contribution in [2.24, 2.45) is 0 Å². The van der Waals surface area contributed by atoms with Crippen LogP contribution in [0.5, 0.6) is 5.75 Å². The number of hydrogen-bond acceptors (Lipinski definition) is 3. The summed E-state index contributed by atoms with van der Waals surface area (Å²) in [6.45, 7) is 5.62. The van der Waals surface area contributed by atoms with E-state index in [0.29, 0.717) is 6.42 Å². The second-order valence-electron chi connectivity index (χ2n) is 9.71. The second kappa shape index (κ2) is 9.22. The number of piperidine rings is 1. The molecule has 1 amide bonds. The standard InChI is InChI=1S/C29H31FN2O2/c1-21-3-12-27-26(17-21)29(13-15-31(16-14-29)19-23-4-8-24(30)9-5-23)20-32(27)28(33)18-22-6-10-25(34-2)11-7-22/h3-12,17H,13-16,18-20H2,1-2H3. The lowest BCUT2D eigenvalue weighted by atomic mass is 9.74. The average molecular weight is 459 g/mol. The van der Waals surface area contributed by atoms with Crippen molar-refractivity contribution in [3.8, 4) is 5.75 Å². The van der Waals surface area contributed by atoms with Crippen LogP contribution >= 0.6 is 0 Å². The Balaban J connectivity index is 1.32. The Kier molecular flexibility index (Phi) is 6.13. The Morgan fingerprint density at radius 2 is 1.65 bits per heavy atom. The topological polar surface area (TPSA) is 32.8 Å². The molecule has 0 N–H and O–H groups in total. The predicted molar refractivity (Wildman–Crippen MR) is 133 cm³/mol. The van der Waals surface area contributed by atoms with Gasteiger partial charge in [0.2, 0.25) is 5.91 Å².